The maximum absolute atomic E-state index is 12.5. The van der Waals surface area contributed by atoms with Gasteiger partial charge in [0.15, 0.2) is 12.4 Å². The Hall–Kier alpha value is -3.54. The number of rotatable bonds is 7. The Morgan fingerprint density at radius 1 is 1.18 bits per heavy atom. The highest BCUT2D eigenvalue weighted by Gasteiger charge is 2.27. The number of hydrogen-bond donors (Lipinski definition) is 0. The van der Waals surface area contributed by atoms with E-state index in [4.69, 9.17) is 14.2 Å². The van der Waals surface area contributed by atoms with Crippen molar-refractivity contribution in [2.45, 2.75) is 0 Å². The zero-order chi connectivity index (χ0) is 20.1. The van der Waals surface area contributed by atoms with Crippen molar-refractivity contribution >= 4 is 23.5 Å². The van der Waals surface area contributed by atoms with Crippen LogP contribution in [0.1, 0.15) is 15.9 Å². The van der Waals surface area contributed by atoms with Crippen molar-refractivity contribution in [2.75, 3.05) is 32.2 Å². The van der Waals surface area contributed by atoms with Gasteiger partial charge in [0.25, 0.3) is 0 Å². The second-order valence-electron chi connectivity index (χ2n) is 6.34. The fourth-order valence-electron chi connectivity index (χ4n) is 2.61. The number of ether oxygens (including phenoxy) is 3. The van der Waals surface area contributed by atoms with E-state index in [-0.39, 0.29) is 24.8 Å². The Morgan fingerprint density at radius 3 is 2.61 bits per heavy atom. The molecule has 0 spiro atoms. The van der Waals surface area contributed by atoms with Crippen LogP contribution in [0.4, 0.5) is 5.69 Å². The summed E-state index contributed by atoms with van der Waals surface area (Å²) in [7, 11) is 3.93. The summed E-state index contributed by atoms with van der Waals surface area (Å²) in [5.41, 5.74) is 2.39. The molecule has 0 aliphatic carbocycles. The largest absolute Gasteiger partial charge is 0.482 e. The lowest BCUT2D eigenvalue weighted by atomic mass is 10.1. The third-order valence-electron chi connectivity index (χ3n) is 4.07. The monoisotopic (exact) mass is 379 g/mol. The maximum atomic E-state index is 12.5. The number of nitrogens with zero attached hydrogens (tertiary/aromatic N) is 1. The third kappa shape index (κ3) is 4.40. The molecule has 1 aliphatic rings. The molecule has 1 aliphatic heterocycles. The van der Waals surface area contributed by atoms with Gasteiger partial charge in [-0.05, 0) is 35.9 Å². The average Bonchev–Trinajstić information content (AvgIpc) is 3.00. The number of Topliss-reactive ketones (excluding diaryl/α,β-unsaturated/α-hetero) is 1. The number of anilines is 1. The molecule has 0 saturated carbocycles. The molecule has 0 radical (unpaired) electrons. The Labute approximate surface area is 163 Å². The summed E-state index contributed by atoms with van der Waals surface area (Å²) >= 11 is 0. The van der Waals surface area contributed by atoms with E-state index in [1.54, 1.807) is 24.3 Å². The Balaban J connectivity index is 1.70. The van der Waals surface area contributed by atoms with E-state index < -0.39 is 5.97 Å². The molecule has 0 aromatic heterocycles. The minimum Gasteiger partial charge on any atom is -0.482 e. The van der Waals surface area contributed by atoms with Crippen molar-refractivity contribution in [2.24, 2.45) is 0 Å². The lowest BCUT2D eigenvalue weighted by molar-refractivity contribution is -0.144. The van der Waals surface area contributed by atoms with Crippen LogP contribution >= 0.6 is 0 Å². The van der Waals surface area contributed by atoms with Crippen molar-refractivity contribution in [1.82, 2.24) is 0 Å². The number of hydrogen-bond acceptors (Lipinski definition) is 6. The van der Waals surface area contributed by atoms with Gasteiger partial charge < -0.3 is 19.1 Å². The van der Waals surface area contributed by atoms with Crippen LogP contribution in [0.3, 0.4) is 0 Å². The number of allylic oxidation sites excluding steroid dienone is 1. The van der Waals surface area contributed by atoms with Crippen molar-refractivity contribution in [3.8, 4) is 11.5 Å². The predicted molar refractivity (Wildman–Crippen MR) is 107 cm³/mol. The first-order valence-electron chi connectivity index (χ1n) is 8.73. The van der Waals surface area contributed by atoms with Crippen LogP contribution in [0, 0.1) is 0 Å². The quantitative estimate of drug-likeness (QED) is 0.417. The predicted octanol–water partition coefficient (Wildman–Crippen LogP) is 3.48. The van der Waals surface area contributed by atoms with Crippen LogP contribution in [0.15, 0.2) is 60.9 Å². The molecule has 0 atom stereocenters. The van der Waals surface area contributed by atoms with Crippen LogP contribution in [0.25, 0.3) is 6.08 Å². The van der Waals surface area contributed by atoms with Gasteiger partial charge in [0.2, 0.25) is 5.78 Å². The molecule has 0 unspecified atom stereocenters. The van der Waals surface area contributed by atoms with Gasteiger partial charge in [-0.1, -0.05) is 24.8 Å². The fourth-order valence-corrected chi connectivity index (χ4v) is 2.61. The smallest absolute Gasteiger partial charge is 0.344 e. The molecule has 0 N–H and O–H groups in total. The summed E-state index contributed by atoms with van der Waals surface area (Å²) < 4.78 is 15.9. The zero-order valence-electron chi connectivity index (χ0n) is 15.8. The van der Waals surface area contributed by atoms with E-state index in [1.807, 2.05) is 43.3 Å². The van der Waals surface area contributed by atoms with Crippen LogP contribution < -0.4 is 14.4 Å². The van der Waals surface area contributed by atoms with Gasteiger partial charge in [-0.2, -0.15) is 0 Å². The summed E-state index contributed by atoms with van der Waals surface area (Å²) in [4.78, 5) is 26.0. The normalized spacial score (nSPS) is 13.6. The molecule has 6 nitrogen and oxygen atoms in total. The first kappa shape index (κ1) is 19.2. The number of ketones is 1. The highest BCUT2D eigenvalue weighted by Crippen LogP contribution is 2.35. The molecule has 0 bridgehead atoms. The zero-order valence-corrected chi connectivity index (χ0v) is 15.8. The molecule has 2 aromatic rings. The molecule has 28 heavy (non-hydrogen) atoms. The molecular formula is C22H21NO5. The van der Waals surface area contributed by atoms with Gasteiger partial charge in [0.05, 0.1) is 5.56 Å². The van der Waals surface area contributed by atoms with Gasteiger partial charge in [-0.15, -0.1) is 0 Å². The van der Waals surface area contributed by atoms with Gasteiger partial charge in [0, 0.05) is 25.8 Å². The van der Waals surface area contributed by atoms with Crippen molar-refractivity contribution in [3.63, 3.8) is 0 Å². The van der Waals surface area contributed by atoms with Gasteiger partial charge in [-0.3, -0.25) is 4.79 Å². The summed E-state index contributed by atoms with van der Waals surface area (Å²) in [6.07, 6.45) is 3.18. The molecule has 6 heteroatoms. The number of carbonyl (C=O) groups excluding carboxylic acids is 2. The summed E-state index contributed by atoms with van der Waals surface area (Å²) in [5, 5.41) is 0. The summed E-state index contributed by atoms with van der Waals surface area (Å²) in [6, 6.07) is 12.6. The molecule has 1 heterocycles. The minimum atomic E-state index is -0.501. The number of fused-ring (bicyclic) bond motifs is 1. The van der Waals surface area contributed by atoms with Gasteiger partial charge >= 0.3 is 5.97 Å². The molecule has 0 fully saturated rings. The van der Waals surface area contributed by atoms with Crippen molar-refractivity contribution < 1.29 is 23.8 Å². The Kier molecular flexibility index (Phi) is 5.79. The van der Waals surface area contributed by atoms with E-state index >= 15 is 0 Å². The van der Waals surface area contributed by atoms with Crippen molar-refractivity contribution in [1.29, 1.82) is 0 Å². The highest BCUT2D eigenvalue weighted by atomic mass is 16.6. The third-order valence-corrected chi connectivity index (χ3v) is 4.07. The summed E-state index contributed by atoms with van der Waals surface area (Å²) in [5.74, 6) is 0.370. The molecule has 144 valence electrons. The molecule has 3 rings (SSSR count). The van der Waals surface area contributed by atoms with Gasteiger partial charge in [-0.25, -0.2) is 4.79 Å². The maximum Gasteiger partial charge on any atom is 0.344 e. The van der Waals surface area contributed by atoms with Crippen LogP contribution in [0.5, 0.6) is 11.5 Å². The van der Waals surface area contributed by atoms with E-state index in [0.717, 1.165) is 11.3 Å². The Bertz CT molecular complexity index is 928. The van der Waals surface area contributed by atoms with E-state index in [9.17, 15) is 9.59 Å². The first-order valence-corrected chi connectivity index (χ1v) is 8.73. The van der Waals surface area contributed by atoms with E-state index in [0.29, 0.717) is 17.1 Å². The first-order chi connectivity index (χ1) is 13.5. The standard InChI is InChI=1S/C22H21NO5/c1-4-11-26-21(24)14-27-17-9-10-18-19(13-17)28-20(22(18)25)12-15-5-7-16(8-6-15)23(2)3/h4-10,12-13H,1,11,14H2,2-3H3/b20-12-. The second-order valence-corrected chi connectivity index (χ2v) is 6.34. The number of carbonyl (C=O) groups is 2. The average molecular weight is 379 g/mol. The molecule has 2 aromatic carbocycles. The minimum absolute atomic E-state index is 0.133. The van der Waals surface area contributed by atoms with E-state index in [2.05, 4.69) is 6.58 Å². The van der Waals surface area contributed by atoms with E-state index in [1.165, 1.54) is 6.08 Å². The van der Waals surface area contributed by atoms with Crippen molar-refractivity contribution in [3.05, 3.63) is 72.0 Å². The van der Waals surface area contributed by atoms with Crippen LogP contribution in [-0.4, -0.2) is 39.1 Å². The van der Waals surface area contributed by atoms with Crippen LogP contribution in [-0.2, 0) is 9.53 Å². The Morgan fingerprint density at radius 2 is 1.93 bits per heavy atom. The SMILES string of the molecule is C=CCOC(=O)COc1ccc2c(c1)O/C(=C\c1ccc(N(C)C)cc1)C2=O. The number of esters is 1. The topological polar surface area (TPSA) is 65.1 Å². The number of benzene rings is 2. The lowest BCUT2D eigenvalue weighted by Gasteiger charge is -2.11. The molecule has 0 saturated heterocycles. The van der Waals surface area contributed by atoms with Gasteiger partial charge in [0.1, 0.15) is 18.1 Å². The molecule has 0 amide bonds. The lowest BCUT2D eigenvalue weighted by Crippen LogP contribution is -2.14. The summed E-state index contributed by atoms with van der Waals surface area (Å²) in [6.45, 7) is 3.37. The molecular weight excluding hydrogens is 358 g/mol. The fraction of sp³-hybridized carbons (Fsp3) is 0.182. The second kappa shape index (κ2) is 8.43. The highest BCUT2D eigenvalue weighted by molar-refractivity contribution is 6.14. The van der Waals surface area contributed by atoms with Crippen LogP contribution in [0.2, 0.25) is 0 Å².